The maximum Gasteiger partial charge on any atom is 0.0358 e. The molecule has 0 aromatic heterocycles. The van der Waals surface area contributed by atoms with Gasteiger partial charge in [0, 0.05) is 24.7 Å². The van der Waals surface area contributed by atoms with Gasteiger partial charge < -0.3 is 10.6 Å². The van der Waals surface area contributed by atoms with E-state index in [1.165, 1.54) is 84.0 Å². The summed E-state index contributed by atoms with van der Waals surface area (Å²) in [7, 11) is 0. The van der Waals surface area contributed by atoms with Crippen molar-refractivity contribution in [1.82, 2.24) is 9.80 Å². The molecule has 2 N–H and O–H groups in total. The van der Waals surface area contributed by atoms with Crippen LogP contribution in [0.3, 0.4) is 0 Å². The van der Waals surface area contributed by atoms with E-state index < -0.39 is 0 Å². The number of hydrogen-bond acceptors (Lipinski definition) is 3. The normalized spacial score (nSPS) is 39.1. The number of nitrogens with zero attached hydrogens (tertiary/aromatic N) is 2. The zero-order valence-electron chi connectivity index (χ0n) is 14.0. The molecule has 0 aromatic carbocycles. The summed E-state index contributed by atoms with van der Waals surface area (Å²) in [5.74, 6) is 0.974. The lowest BCUT2D eigenvalue weighted by atomic mass is 9.81. The number of rotatable bonds is 4. The zero-order valence-corrected chi connectivity index (χ0v) is 14.0. The predicted octanol–water partition coefficient (Wildman–Crippen LogP) is 2.84. The molecular weight excluding hydrogens is 258 g/mol. The molecule has 3 heterocycles. The lowest BCUT2D eigenvalue weighted by Crippen LogP contribution is -2.61. The Hall–Kier alpha value is -0.120. The minimum absolute atomic E-state index is 0.326. The molecule has 3 fully saturated rings. The minimum Gasteiger partial charge on any atom is -0.329 e. The highest BCUT2D eigenvalue weighted by Crippen LogP contribution is 2.38. The van der Waals surface area contributed by atoms with Crippen molar-refractivity contribution < 1.29 is 0 Å². The van der Waals surface area contributed by atoms with E-state index in [1.807, 2.05) is 0 Å². The molecule has 3 heteroatoms. The van der Waals surface area contributed by atoms with E-state index in [-0.39, 0.29) is 0 Å². The largest absolute Gasteiger partial charge is 0.329 e. The molecule has 0 radical (unpaired) electrons. The molecule has 3 unspecified atom stereocenters. The first kappa shape index (κ1) is 15.8. The number of hydrogen-bond donors (Lipinski definition) is 1. The first-order valence-corrected chi connectivity index (χ1v) is 9.46. The fourth-order valence-electron chi connectivity index (χ4n) is 5.25. The van der Waals surface area contributed by atoms with Gasteiger partial charge in [-0.25, -0.2) is 0 Å². The maximum atomic E-state index is 6.34. The molecule has 3 atom stereocenters. The Bertz CT molecular complexity index is 332. The van der Waals surface area contributed by atoms with Gasteiger partial charge in [-0.2, -0.15) is 0 Å². The third kappa shape index (κ3) is 3.30. The molecule has 122 valence electrons. The second-order valence-corrected chi connectivity index (χ2v) is 7.79. The lowest BCUT2D eigenvalue weighted by molar-refractivity contribution is 0.0116. The third-order valence-corrected chi connectivity index (χ3v) is 6.57. The van der Waals surface area contributed by atoms with Crippen LogP contribution in [0.1, 0.15) is 64.7 Å². The highest BCUT2D eigenvalue weighted by molar-refractivity contribution is 5.02. The van der Waals surface area contributed by atoms with Crippen LogP contribution in [0.25, 0.3) is 0 Å². The van der Waals surface area contributed by atoms with Crippen LogP contribution in [0, 0.1) is 5.92 Å². The Labute approximate surface area is 131 Å². The van der Waals surface area contributed by atoms with Crippen LogP contribution in [-0.2, 0) is 0 Å². The van der Waals surface area contributed by atoms with Crippen LogP contribution in [0.15, 0.2) is 0 Å². The zero-order chi connectivity index (χ0) is 14.7. The highest BCUT2D eigenvalue weighted by Gasteiger charge is 2.44. The summed E-state index contributed by atoms with van der Waals surface area (Å²) in [5, 5.41) is 0. The first-order chi connectivity index (χ1) is 10.3. The summed E-state index contributed by atoms with van der Waals surface area (Å²) in [4.78, 5) is 5.55. The van der Waals surface area contributed by atoms with Crippen molar-refractivity contribution in [3.8, 4) is 0 Å². The number of piperidine rings is 1. The van der Waals surface area contributed by atoms with Crippen molar-refractivity contribution in [1.29, 1.82) is 0 Å². The number of likely N-dealkylation sites (tertiary alicyclic amines) is 1. The average molecular weight is 293 g/mol. The van der Waals surface area contributed by atoms with E-state index in [1.54, 1.807) is 0 Å². The van der Waals surface area contributed by atoms with Gasteiger partial charge in [-0.15, -0.1) is 0 Å². The lowest BCUT2D eigenvalue weighted by Gasteiger charge is -2.50. The Morgan fingerprint density at radius 1 is 1.05 bits per heavy atom. The van der Waals surface area contributed by atoms with Crippen molar-refractivity contribution >= 4 is 0 Å². The summed E-state index contributed by atoms with van der Waals surface area (Å²) in [5.41, 5.74) is 6.66. The molecule has 0 aliphatic carbocycles. The molecule has 3 aliphatic heterocycles. The van der Waals surface area contributed by atoms with Crippen LogP contribution in [0.4, 0.5) is 0 Å². The quantitative estimate of drug-likeness (QED) is 0.865. The predicted molar refractivity (Wildman–Crippen MR) is 89.4 cm³/mol. The van der Waals surface area contributed by atoms with Crippen LogP contribution in [0.2, 0.25) is 0 Å². The van der Waals surface area contributed by atoms with Gasteiger partial charge in [-0.1, -0.05) is 19.8 Å². The molecule has 3 nitrogen and oxygen atoms in total. The molecule has 0 bridgehead atoms. The molecule has 3 aliphatic rings. The summed E-state index contributed by atoms with van der Waals surface area (Å²) in [6, 6.07) is 0.831. The smallest absolute Gasteiger partial charge is 0.0358 e. The van der Waals surface area contributed by atoms with Gasteiger partial charge >= 0.3 is 0 Å². The Morgan fingerprint density at radius 2 is 1.90 bits per heavy atom. The minimum atomic E-state index is 0.326. The second kappa shape index (κ2) is 6.97. The van der Waals surface area contributed by atoms with Crippen molar-refractivity contribution in [2.45, 2.75) is 76.3 Å². The van der Waals surface area contributed by atoms with Gasteiger partial charge in [-0.05, 0) is 70.5 Å². The summed E-state index contributed by atoms with van der Waals surface area (Å²) >= 11 is 0. The van der Waals surface area contributed by atoms with Crippen LogP contribution in [0.5, 0.6) is 0 Å². The first-order valence-electron chi connectivity index (χ1n) is 9.46. The maximum absolute atomic E-state index is 6.34. The molecule has 0 aromatic rings. The SMILES string of the molecule is CCCC1CCCN(C2(CN)CCN3CCCC3C2)CC1. The van der Waals surface area contributed by atoms with Gasteiger partial charge in [0.15, 0.2) is 0 Å². The molecule has 21 heavy (non-hydrogen) atoms. The van der Waals surface area contributed by atoms with Crippen molar-refractivity contribution in [2.75, 3.05) is 32.7 Å². The highest BCUT2D eigenvalue weighted by atomic mass is 15.3. The molecule has 3 rings (SSSR count). The molecule has 3 saturated heterocycles. The molecule has 0 amide bonds. The number of nitrogens with two attached hydrogens (primary N) is 1. The third-order valence-electron chi connectivity index (χ3n) is 6.57. The Kier molecular flexibility index (Phi) is 5.23. The molecule has 0 saturated carbocycles. The van der Waals surface area contributed by atoms with Crippen molar-refractivity contribution in [3.63, 3.8) is 0 Å². The van der Waals surface area contributed by atoms with E-state index in [4.69, 9.17) is 5.73 Å². The topological polar surface area (TPSA) is 32.5 Å². The molecule has 0 spiro atoms. The Balaban J connectivity index is 1.65. The average Bonchev–Trinajstić information content (AvgIpc) is 2.84. The summed E-state index contributed by atoms with van der Waals surface area (Å²) < 4.78 is 0. The second-order valence-electron chi connectivity index (χ2n) is 7.79. The van der Waals surface area contributed by atoms with Gasteiger partial charge in [0.2, 0.25) is 0 Å². The standard InChI is InChI=1S/C18H35N3/c1-2-5-16-6-3-11-21(12-8-16)18(15-19)9-13-20-10-4-7-17(20)14-18/h16-17H,2-15,19H2,1H3. The molecular formula is C18H35N3. The van der Waals surface area contributed by atoms with Gasteiger partial charge in [0.25, 0.3) is 0 Å². The van der Waals surface area contributed by atoms with E-state index in [2.05, 4.69) is 16.7 Å². The van der Waals surface area contributed by atoms with E-state index >= 15 is 0 Å². The number of fused-ring (bicyclic) bond motifs is 1. The summed E-state index contributed by atoms with van der Waals surface area (Å²) in [6.45, 7) is 8.43. The summed E-state index contributed by atoms with van der Waals surface area (Å²) in [6.07, 6.45) is 12.5. The Morgan fingerprint density at radius 3 is 2.71 bits per heavy atom. The van der Waals surface area contributed by atoms with E-state index in [9.17, 15) is 0 Å². The van der Waals surface area contributed by atoms with Crippen LogP contribution >= 0.6 is 0 Å². The van der Waals surface area contributed by atoms with E-state index in [0.717, 1.165) is 18.5 Å². The van der Waals surface area contributed by atoms with Gasteiger partial charge in [-0.3, -0.25) is 4.90 Å². The fourth-order valence-corrected chi connectivity index (χ4v) is 5.25. The van der Waals surface area contributed by atoms with E-state index in [0.29, 0.717) is 5.54 Å². The fraction of sp³-hybridized carbons (Fsp3) is 1.00. The monoisotopic (exact) mass is 293 g/mol. The van der Waals surface area contributed by atoms with Crippen molar-refractivity contribution in [3.05, 3.63) is 0 Å². The van der Waals surface area contributed by atoms with Gasteiger partial charge in [0.1, 0.15) is 0 Å². The van der Waals surface area contributed by atoms with Crippen LogP contribution in [-0.4, -0.2) is 54.1 Å². The van der Waals surface area contributed by atoms with Crippen LogP contribution < -0.4 is 5.73 Å². The van der Waals surface area contributed by atoms with Crippen molar-refractivity contribution in [2.24, 2.45) is 11.7 Å². The van der Waals surface area contributed by atoms with Gasteiger partial charge in [0.05, 0.1) is 0 Å².